The minimum Gasteiger partial charge on any atom is -0.313 e. The summed E-state index contributed by atoms with van der Waals surface area (Å²) in [6.07, 6.45) is 2.27. The molecule has 0 aromatic heterocycles. The maximum atomic E-state index is 12.7. The second-order valence-corrected chi connectivity index (χ2v) is 7.17. The smallest absolute Gasteiger partial charge is 0.215 e. The number of sulfonamides is 1. The van der Waals surface area contributed by atoms with E-state index in [9.17, 15) is 12.8 Å². The Bertz CT molecular complexity index is 512. The fourth-order valence-corrected chi connectivity index (χ4v) is 2.63. The van der Waals surface area contributed by atoms with Crippen molar-refractivity contribution in [2.75, 3.05) is 6.54 Å². The Morgan fingerprint density at radius 2 is 1.95 bits per heavy atom. The van der Waals surface area contributed by atoms with Crippen LogP contribution < -0.4 is 10.0 Å². The van der Waals surface area contributed by atoms with Crippen molar-refractivity contribution in [1.29, 1.82) is 0 Å². The van der Waals surface area contributed by atoms with E-state index < -0.39 is 15.3 Å². The lowest BCUT2D eigenvalue weighted by atomic mass is 10.2. The molecule has 2 N–H and O–H groups in total. The molecule has 0 heterocycles. The first-order valence-electron chi connectivity index (χ1n) is 6.43. The topological polar surface area (TPSA) is 58.2 Å². The van der Waals surface area contributed by atoms with Gasteiger partial charge in [0.2, 0.25) is 10.0 Å². The van der Waals surface area contributed by atoms with Gasteiger partial charge in [0.25, 0.3) is 0 Å². The number of benzene rings is 1. The Morgan fingerprint density at radius 1 is 1.32 bits per heavy atom. The van der Waals surface area contributed by atoms with E-state index in [1.54, 1.807) is 19.1 Å². The minimum absolute atomic E-state index is 0.191. The van der Waals surface area contributed by atoms with Crippen molar-refractivity contribution in [3.05, 3.63) is 35.6 Å². The summed E-state index contributed by atoms with van der Waals surface area (Å²) < 4.78 is 39.2. The molecule has 1 saturated carbocycles. The molecule has 0 radical (unpaired) electrons. The van der Waals surface area contributed by atoms with E-state index in [1.165, 1.54) is 12.1 Å². The first kappa shape index (κ1) is 14.4. The van der Waals surface area contributed by atoms with Crippen molar-refractivity contribution in [3.63, 3.8) is 0 Å². The number of halogens is 1. The van der Waals surface area contributed by atoms with Crippen LogP contribution in [0.2, 0.25) is 0 Å². The van der Waals surface area contributed by atoms with E-state index in [-0.39, 0.29) is 12.4 Å². The van der Waals surface area contributed by atoms with Crippen LogP contribution in [0.4, 0.5) is 4.39 Å². The first-order chi connectivity index (χ1) is 8.97. The van der Waals surface area contributed by atoms with Crippen LogP contribution in [0.5, 0.6) is 0 Å². The molecule has 19 heavy (non-hydrogen) atoms. The lowest BCUT2D eigenvalue weighted by molar-refractivity contribution is 0.557. The summed E-state index contributed by atoms with van der Waals surface area (Å²) in [6, 6.07) is 6.29. The molecule has 1 unspecified atom stereocenters. The second kappa shape index (κ2) is 5.98. The third-order valence-electron chi connectivity index (χ3n) is 3.19. The zero-order valence-corrected chi connectivity index (χ0v) is 11.7. The van der Waals surface area contributed by atoms with Gasteiger partial charge in [0.1, 0.15) is 5.82 Å². The lowest BCUT2D eigenvalue weighted by Gasteiger charge is -2.14. The SMILES string of the molecule is CC(CNC1CC1)S(=O)(=O)NCc1ccc(F)cc1. The summed E-state index contributed by atoms with van der Waals surface area (Å²) >= 11 is 0. The second-order valence-electron chi connectivity index (χ2n) is 4.99. The largest absolute Gasteiger partial charge is 0.313 e. The fraction of sp³-hybridized carbons (Fsp3) is 0.538. The standard InChI is InChI=1S/C13H19FN2O2S/c1-10(8-15-13-6-7-13)19(17,18)16-9-11-2-4-12(14)5-3-11/h2-5,10,13,15-16H,6-9H2,1H3. The number of hydrogen-bond donors (Lipinski definition) is 2. The fourth-order valence-electron chi connectivity index (χ4n) is 1.66. The highest BCUT2D eigenvalue weighted by Gasteiger charge is 2.25. The Kier molecular flexibility index (Phi) is 4.54. The van der Waals surface area contributed by atoms with Crippen LogP contribution in [0.1, 0.15) is 25.3 Å². The minimum atomic E-state index is -3.34. The quantitative estimate of drug-likeness (QED) is 0.796. The molecule has 2 rings (SSSR count). The van der Waals surface area contributed by atoms with Crippen molar-refractivity contribution >= 4 is 10.0 Å². The molecule has 1 atom stereocenters. The third-order valence-corrected chi connectivity index (χ3v) is 4.96. The van der Waals surface area contributed by atoms with E-state index >= 15 is 0 Å². The molecule has 1 aliphatic carbocycles. The highest BCUT2D eigenvalue weighted by molar-refractivity contribution is 7.90. The summed E-state index contributed by atoms with van der Waals surface area (Å²) in [4.78, 5) is 0. The van der Waals surface area contributed by atoms with Gasteiger partial charge in [0.05, 0.1) is 5.25 Å². The summed E-state index contributed by atoms with van der Waals surface area (Å²) in [6.45, 7) is 2.34. The van der Waals surface area contributed by atoms with Crippen LogP contribution in [-0.4, -0.2) is 26.3 Å². The van der Waals surface area contributed by atoms with Gasteiger partial charge < -0.3 is 5.32 Å². The molecule has 0 spiro atoms. The van der Waals surface area contributed by atoms with Crippen LogP contribution in [-0.2, 0) is 16.6 Å². The molecular formula is C13H19FN2O2S. The molecule has 1 fully saturated rings. The molecule has 1 aromatic carbocycles. The average molecular weight is 286 g/mol. The van der Waals surface area contributed by atoms with Gasteiger partial charge in [-0.05, 0) is 37.5 Å². The van der Waals surface area contributed by atoms with Crippen LogP contribution in [0.25, 0.3) is 0 Å². The van der Waals surface area contributed by atoms with Crippen LogP contribution >= 0.6 is 0 Å². The third kappa shape index (κ3) is 4.56. The van der Waals surface area contributed by atoms with Crippen molar-refractivity contribution in [3.8, 4) is 0 Å². The summed E-state index contributed by atoms with van der Waals surface area (Å²) in [5.74, 6) is -0.325. The van der Waals surface area contributed by atoms with Crippen molar-refractivity contribution < 1.29 is 12.8 Å². The molecule has 106 valence electrons. The van der Waals surface area contributed by atoms with E-state index in [1.807, 2.05) is 0 Å². The van der Waals surface area contributed by atoms with Crippen molar-refractivity contribution in [2.45, 2.75) is 37.6 Å². The zero-order chi connectivity index (χ0) is 13.9. The number of rotatable bonds is 7. The van der Waals surface area contributed by atoms with Crippen molar-refractivity contribution in [1.82, 2.24) is 10.0 Å². The van der Waals surface area contributed by atoms with E-state index in [2.05, 4.69) is 10.0 Å². The monoisotopic (exact) mass is 286 g/mol. The predicted molar refractivity (Wildman–Crippen MR) is 72.6 cm³/mol. The Balaban J connectivity index is 1.83. The van der Waals surface area contributed by atoms with E-state index in [4.69, 9.17) is 0 Å². The number of nitrogens with one attached hydrogen (secondary N) is 2. The van der Waals surface area contributed by atoms with Gasteiger partial charge in [-0.3, -0.25) is 0 Å². The van der Waals surface area contributed by atoms with Gasteiger partial charge in [-0.15, -0.1) is 0 Å². The van der Waals surface area contributed by atoms with Gasteiger partial charge in [0.15, 0.2) is 0 Å². The molecule has 0 amide bonds. The Hall–Kier alpha value is -0.980. The van der Waals surface area contributed by atoms with Crippen LogP contribution in [0.3, 0.4) is 0 Å². The van der Waals surface area contributed by atoms with Crippen molar-refractivity contribution in [2.24, 2.45) is 0 Å². The van der Waals surface area contributed by atoms with Gasteiger partial charge >= 0.3 is 0 Å². The highest BCUT2D eigenvalue weighted by atomic mass is 32.2. The molecule has 0 aliphatic heterocycles. The molecule has 1 aromatic rings. The molecule has 0 bridgehead atoms. The van der Waals surface area contributed by atoms with Gasteiger partial charge in [-0.25, -0.2) is 17.5 Å². The summed E-state index contributed by atoms with van der Waals surface area (Å²) in [7, 11) is -3.34. The maximum Gasteiger partial charge on any atom is 0.215 e. The van der Waals surface area contributed by atoms with E-state index in [0.29, 0.717) is 12.6 Å². The normalized spacial score (nSPS) is 17.4. The molecule has 6 heteroatoms. The molecule has 0 saturated heterocycles. The van der Waals surface area contributed by atoms with Crippen LogP contribution in [0.15, 0.2) is 24.3 Å². The molecule has 1 aliphatic rings. The summed E-state index contributed by atoms with van der Waals surface area (Å²) in [5, 5.41) is 2.72. The van der Waals surface area contributed by atoms with Gasteiger partial charge in [-0.2, -0.15) is 0 Å². The molecule has 4 nitrogen and oxygen atoms in total. The van der Waals surface area contributed by atoms with E-state index in [0.717, 1.165) is 18.4 Å². The Morgan fingerprint density at radius 3 is 2.53 bits per heavy atom. The first-order valence-corrected chi connectivity index (χ1v) is 7.98. The average Bonchev–Trinajstić information content (AvgIpc) is 3.19. The van der Waals surface area contributed by atoms with Gasteiger partial charge in [0, 0.05) is 19.1 Å². The maximum absolute atomic E-state index is 12.7. The highest BCUT2D eigenvalue weighted by Crippen LogP contribution is 2.18. The summed E-state index contributed by atoms with van der Waals surface area (Å²) in [5.41, 5.74) is 0.743. The Labute approximate surface area is 113 Å². The molecular weight excluding hydrogens is 267 g/mol. The number of hydrogen-bond acceptors (Lipinski definition) is 3. The zero-order valence-electron chi connectivity index (χ0n) is 10.9. The van der Waals surface area contributed by atoms with Crippen LogP contribution in [0, 0.1) is 5.82 Å². The lowest BCUT2D eigenvalue weighted by Crippen LogP contribution is -2.39. The predicted octanol–water partition coefficient (Wildman–Crippen LogP) is 1.39. The van der Waals surface area contributed by atoms with Gasteiger partial charge in [-0.1, -0.05) is 12.1 Å².